The van der Waals surface area contributed by atoms with Crippen LogP contribution in [0.4, 0.5) is 0 Å². The molecule has 10 aromatic rings. The topological polar surface area (TPSA) is 131 Å². The summed E-state index contributed by atoms with van der Waals surface area (Å²) in [6.45, 7) is 0. The second kappa shape index (κ2) is 13.5. The molecule has 0 N–H and O–H groups in total. The van der Waals surface area contributed by atoms with E-state index in [1.54, 1.807) is 18.2 Å². The second-order valence-corrected chi connectivity index (χ2v) is 14.0. The lowest BCUT2D eigenvalue weighted by Gasteiger charge is -2.12. The van der Waals surface area contributed by atoms with Gasteiger partial charge in [0.1, 0.15) is 0 Å². The van der Waals surface area contributed by atoms with E-state index in [1.165, 1.54) is 0 Å². The van der Waals surface area contributed by atoms with E-state index >= 15 is 0 Å². The molecule has 10 rings (SSSR count). The van der Waals surface area contributed by atoms with E-state index in [-0.39, 0.29) is 0 Å². The Balaban J connectivity index is 1.11. The molecule has 0 fully saturated rings. The van der Waals surface area contributed by atoms with E-state index in [4.69, 9.17) is 9.97 Å². The third kappa shape index (κ3) is 5.51. The number of para-hydroxylation sites is 1. The first-order valence-corrected chi connectivity index (χ1v) is 18.5. The quantitative estimate of drug-likeness (QED) is 0.173. The van der Waals surface area contributed by atoms with Crippen LogP contribution >= 0.6 is 0 Å². The van der Waals surface area contributed by atoms with Gasteiger partial charge in [0.2, 0.25) is 0 Å². The normalized spacial score (nSPS) is 11.0. The minimum absolute atomic E-state index is 0.480. The van der Waals surface area contributed by atoms with Gasteiger partial charge in [-0.25, -0.2) is 9.97 Å². The van der Waals surface area contributed by atoms with Crippen LogP contribution in [0, 0.1) is 45.3 Å². The van der Waals surface area contributed by atoms with Crippen molar-refractivity contribution in [1.82, 2.24) is 19.1 Å². The van der Waals surface area contributed by atoms with Crippen molar-refractivity contribution in [2.75, 3.05) is 0 Å². The van der Waals surface area contributed by atoms with Crippen LogP contribution in [0.3, 0.4) is 0 Å². The van der Waals surface area contributed by atoms with Gasteiger partial charge >= 0.3 is 0 Å². The zero-order valence-electron chi connectivity index (χ0n) is 30.6. The summed E-state index contributed by atoms with van der Waals surface area (Å²) < 4.78 is 4.46. The Labute approximate surface area is 332 Å². The van der Waals surface area contributed by atoms with Gasteiger partial charge in [0.05, 0.1) is 80.0 Å². The van der Waals surface area contributed by atoms with Crippen molar-refractivity contribution in [2.24, 2.45) is 0 Å². The van der Waals surface area contributed by atoms with Crippen LogP contribution in [0.2, 0.25) is 0 Å². The van der Waals surface area contributed by atoms with E-state index < -0.39 is 0 Å². The molecule has 0 unspecified atom stereocenters. The van der Waals surface area contributed by atoms with E-state index in [2.05, 4.69) is 94.1 Å². The molecule has 0 amide bonds. The van der Waals surface area contributed by atoms with Gasteiger partial charge in [-0.15, -0.1) is 0 Å². The van der Waals surface area contributed by atoms with Crippen molar-refractivity contribution in [3.05, 3.63) is 180 Å². The minimum Gasteiger partial charge on any atom is -0.309 e. The Kier molecular flexibility index (Phi) is 7.84. The third-order valence-corrected chi connectivity index (χ3v) is 10.6. The van der Waals surface area contributed by atoms with Crippen molar-refractivity contribution in [1.29, 1.82) is 21.0 Å². The number of aromatic nitrogens is 4. The monoisotopic (exact) mass is 738 g/mol. The summed E-state index contributed by atoms with van der Waals surface area (Å²) in [5.41, 5.74) is 11.9. The summed E-state index contributed by atoms with van der Waals surface area (Å²) in [4.78, 5) is 9.87. The van der Waals surface area contributed by atoms with Gasteiger partial charge in [-0.2, -0.15) is 21.0 Å². The van der Waals surface area contributed by atoms with Crippen molar-refractivity contribution in [3.8, 4) is 69.6 Å². The summed E-state index contributed by atoms with van der Waals surface area (Å²) in [5, 5.41) is 42.6. The zero-order chi connectivity index (χ0) is 39.3. The highest BCUT2D eigenvalue weighted by atomic mass is 15.0. The minimum atomic E-state index is 0.480. The summed E-state index contributed by atoms with van der Waals surface area (Å²) in [5.74, 6) is 0.480. The van der Waals surface area contributed by atoms with Crippen molar-refractivity contribution in [2.45, 2.75) is 0 Å². The molecule has 8 nitrogen and oxygen atoms in total. The molecule has 266 valence electrons. The first-order chi connectivity index (χ1) is 28.5. The Hall–Kier alpha value is -8.82. The van der Waals surface area contributed by atoms with Crippen molar-refractivity contribution >= 4 is 43.6 Å². The molecule has 58 heavy (non-hydrogen) atoms. The third-order valence-electron chi connectivity index (χ3n) is 10.6. The van der Waals surface area contributed by atoms with Gasteiger partial charge in [-0.3, -0.25) is 0 Å². The number of nitriles is 4. The fourth-order valence-electron chi connectivity index (χ4n) is 7.95. The van der Waals surface area contributed by atoms with Gasteiger partial charge in [-0.1, -0.05) is 54.6 Å². The molecule has 0 saturated heterocycles. The molecular formula is C50H26N8. The molecule has 8 heteroatoms. The van der Waals surface area contributed by atoms with Crippen LogP contribution in [0.15, 0.2) is 158 Å². The summed E-state index contributed by atoms with van der Waals surface area (Å²) >= 11 is 0. The van der Waals surface area contributed by atoms with Crippen molar-refractivity contribution in [3.63, 3.8) is 0 Å². The molecule has 7 aromatic carbocycles. The molecule has 0 atom stereocenters. The summed E-state index contributed by atoms with van der Waals surface area (Å²) in [6.07, 6.45) is 0. The smallest absolute Gasteiger partial charge is 0.160 e. The lowest BCUT2D eigenvalue weighted by atomic mass is 10.0. The lowest BCUT2D eigenvalue weighted by molar-refractivity contribution is 1.16. The number of benzene rings is 7. The Morgan fingerprint density at radius 1 is 0.345 bits per heavy atom. The van der Waals surface area contributed by atoms with Gasteiger partial charge in [0.25, 0.3) is 0 Å². The maximum Gasteiger partial charge on any atom is 0.160 e. The predicted molar refractivity (Wildman–Crippen MR) is 226 cm³/mol. The average molecular weight is 739 g/mol. The number of hydrogen-bond acceptors (Lipinski definition) is 6. The van der Waals surface area contributed by atoms with Gasteiger partial charge in [0, 0.05) is 49.6 Å². The number of hydrogen-bond donors (Lipinski definition) is 0. The summed E-state index contributed by atoms with van der Waals surface area (Å²) in [7, 11) is 0. The zero-order valence-corrected chi connectivity index (χ0v) is 30.6. The largest absolute Gasteiger partial charge is 0.309 e. The molecule has 3 heterocycles. The van der Waals surface area contributed by atoms with Gasteiger partial charge < -0.3 is 9.13 Å². The molecule has 0 spiro atoms. The first-order valence-electron chi connectivity index (χ1n) is 18.5. The van der Waals surface area contributed by atoms with E-state index in [1.807, 2.05) is 78.9 Å². The van der Waals surface area contributed by atoms with Crippen LogP contribution in [0.5, 0.6) is 0 Å². The van der Waals surface area contributed by atoms with Gasteiger partial charge in [0.15, 0.2) is 5.82 Å². The number of rotatable bonds is 5. The second-order valence-electron chi connectivity index (χ2n) is 14.0. The molecule has 0 bridgehead atoms. The molecule has 0 radical (unpaired) electrons. The Bertz CT molecular complexity index is 3360. The van der Waals surface area contributed by atoms with Crippen LogP contribution in [0.25, 0.3) is 88.9 Å². The van der Waals surface area contributed by atoms with E-state index in [9.17, 15) is 21.0 Å². The SMILES string of the molecule is N#Cc1cccc(-c2cc(-c3ccc(-n4c5ccccc5c5cc(-n6c7ccc(C#N)cc7c7cc(C#N)ccc76)ccc54)cc3)nc(-c3cccc(C#N)c3)n2)c1. The van der Waals surface area contributed by atoms with Crippen LogP contribution in [0.1, 0.15) is 22.3 Å². The fraction of sp³-hybridized carbons (Fsp3) is 0. The van der Waals surface area contributed by atoms with E-state index in [0.29, 0.717) is 39.5 Å². The molecule has 0 aliphatic carbocycles. The van der Waals surface area contributed by atoms with Gasteiger partial charge in [-0.05, 0) is 103 Å². The Morgan fingerprint density at radius 3 is 1.47 bits per heavy atom. The molecule has 3 aromatic heterocycles. The highest BCUT2D eigenvalue weighted by Crippen LogP contribution is 2.38. The predicted octanol–water partition coefficient (Wildman–Crippen LogP) is 11.2. The maximum atomic E-state index is 9.69. The molecule has 0 aliphatic heterocycles. The molecule has 0 aliphatic rings. The molecular weight excluding hydrogens is 713 g/mol. The average Bonchev–Trinajstić information content (AvgIpc) is 3.80. The lowest BCUT2D eigenvalue weighted by Crippen LogP contribution is -1.98. The fourth-order valence-corrected chi connectivity index (χ4v) is 7.95. The highest BCUT2D eigenvalue weighted by Gasteiger charge is 2.18. The van der Waals surface area contributed by atoms with E-state index in [0.717, 1.165) is 71.7 Å². The van der Waals surface area contributed by atoms with Crippen molar-refractivity contribution < 1.29 is 0 Å². The maximum absolute atomic E-state index is 9.69. The van der Waals surface area contributed by atoms with Crippen LogP contribution < -0.4 is 0 Å². The summed E-state index contributed by atoms with van der Waals surface area (Å²) in [6, 6.07) is 60.0. The van der Waals surface area contributed by atoms with Crippen LogP contribution in [-0.4, -0.2) is 19.1 Å². The highest BCUT2D eigenvalue weighted by molar-refractivity contribution is 6.12. The Morgan fingerprint density at radius 2 is 0.828 bits per heavy atom. The number of nitrogens with zero attached hydrogens (tertiary/aromatic N) is 8. The molecule has 0 saturated carbocycles. The van der Waals surface area contributed by atoms with Crippen LogP contribution in [-0.2, 0) is 0 Å². The first kappa shape index (κ1) is 33.7. The number of fused-ring (bicyclic) bond motifs is 6. The standard InChI is InChI=1S/C50H26N8/c51-27-31-5-3-7-36(21-31)45-26-44(55-50(56-45)37-8-4-6-32(22-37)28-52)35-13-15-38(16-14-35)57-46-10-2-1-9-40(46)43-25-39(17-20-49(43)57)58-47-18-11-33(29-53)23-41(47)42-24-34(30-54)12-19-48(42)58/h1-26H.